The predicted octanol–water partition coefficient (Wildman–Crippen LogP) is 3.14. The molecule has 1 aromatic carbocycles. The zero-order valence-corrected chi connectivity index (χ0v) is 15.4. The van der Waals surface area contributed by atoms with E-state index in [-0.39, 0.29) is 0 Å². The third-order valence-corrected chi connectivity index (χ3v) is 4.51. The summed E-state index contributed by atoms with van der Waals surface area (Å²) in [6, 6.07) is 12.2. The van der Waals surface area contributed by atoms with Crippen molar-refractivity contribution in [3.8, 4) is 5.82 Å². The Hall–Kier alpha value is -3.48. The highest BCUT2D eigenvalue weighted by molar-refractivity contribution is 5.38. The summed E-state index contributed by atoms with van der Waals surface area (Å²) < 4.78 is 3.74. The van der Waals surface area contributed by atoms with Crippen molar-refractivity contribution in [2.45, 2.75) is 26.9 Å². The first-order valence-corrected chi connectivity index (χ1v) is 8.83. The molecule has 1 N–H and O–H groups in total. The van der Waals surface area contributed by atoms with Gasteiger partial charge in [-0.25, -0.2) is 9.67 Å². The average molecular weight is 359 g/mol. The summed E-state index contributed by atoms with van der Waals surface area (Å²) in [5.41, 5.74) is 4.59. The van der Waals surface area contributed by atoms with E-state index < -0.39 is 0 Å². The summed E-state index contributed by atoms with van der Waals surface area (Å²) in [5, 5.41) is 12.2. The summed E-state index contributed by atoms with van der Waals surface area (Å²) in [7, 11) is 0. The van der Waals surface area contributed by atoms with Gasteiger partial charge in [-0.15, -0.1) is 0 Å². The van der Waals surface area contributed by atoms with Gasteiger partial charge >= 0.3 is 0 Å². The van der Waals surface area contributed by atoms with Gasteiger partial charge < -0.3 is 5.32 Å². The Morgan fingerprint density at radius 1 is 1.04 bits per heavy atom. The molecule has 3 heterocycles. The van der Waals surface area contributed by atoms with Gasteiger partial charge in [0, 0.05) is 30.2 Å². The van der Waals surface area contributed by atoms with Gasteiger partial charge in [-0.05, 0) is 25.5 Å². The molecule has 0 amide bonds. The summed E-state index contributed by atoms with van der Waals surface area (Å²) in [6.45, 7) is 5.55. The number of hydrogen-bond donors (Lipinski definition) is 1. The van der Waals surface area contributed by atoms with Crippen molar-refractivity contribution in [2.75, 3.05) is 5.32 Å². The lowest BCUT2D eigenvalue weighted by Crippen LogP contribution is -2.07. The Labute approximate surface area is 157 Å². The molecule has 0 fully saturated rings. The number of hydrogen-bond acceptors (Lipinski definition) is 5. The number of rotatable bonds is 6. The number of aryl methyl sites for hydroxylation is 1. The number of nitrogens with zero attached hydrogens (tertiary/aromatic N) is 6. The zero-order chi connectivity index (χ0) is 18.6. The first-order valence-electron chi connectivity index (χ1n) is 8.83. The van der Waals surface area contributed by atoms with Crippen LogP contribution in [0.1, 0.15) is 22.5 Å². The van der Waals surface area contributed by atoms with Crippen molar-refractivity contribution in [1.29, 1.82) is 0 Å². The summed E-state index contributed by atoms with van der Waals surface area (Å²) in [4.78, 5) is 8.82. The van der Waals surface area contributed by atoms with E-state index in [2.05, 4.69) is 51.6 Å². The molecule has 0 aliphatic heterocycles. The number of nitrogens with one attached hydrogen (secondary N) is 1. The first kappa shape index (κ1) is 17.0. The molecule has 0 aliphatic rings. The zero-order valence-electron chi connectivity index (χ0n) is 15.4. The van der Waals surface area contributed by atoms with Crippen molar-refractivity contribution >= 4 is 5.82 Å². The molecule has 0 atom stereocenters. The monoisotopic (exact) mass is 359 g/mol. The van der Waals surface area contributed by atoms with Crippen LogP contribution in [-0.2, 0) is 13.1 Å². The van der Waals surface area contributed by atoms with Gasteiger partial charge in [-0.1, -0.05) is 30.3 Å². The van der Waals surface area contributed by atoms with Gasteiger partial charge in [0.15, 0.2) is 5.82 Å². The van der Waals surface area contributed by atoms with E-state index in [1.54, 1.807) is 23.3 Å². The third kappa shape index (κ3) is 3.72. The molecule has 0 saturated heterocycles. The third-order valence-electron chi connectivity index (χ3n) is 4.51. The van der Waals surface area contributed by atoms with E-state index in [0.717, 1.165) is 17.9 Å². The molecule has 27 heavy (non-hydrogen) atoms. The molecular weight excluding hydrogens is 338 g/mol. The molecule has 4 rings (SSSR count). The summed E-state index contributed by atoms with van der Waals surface area (Å²) in [5.74, 6) is 1.39. The predicted molar refractivity (Wildman–Crippen MR) is 104 cm³/mol. The van der Waals surface area contributed by atoms with Crippen LogP contribution in [0.2, 0.25) is 0 Å². The quantitative estimate of drug-likeness (QED) is 0.572. The van der Waals surface area contributed by atoms with E-state index in [9.17, 15) is 0 Å². The van der Waals surface area contributed by atoms with Gasteiger partial charge in [0.2, 0.25) is 0 Å². The standard InChI is InChI=1S/C20H21N7/c1-15-18(16(2)27(25-15)14-17-7-4-3-5-8-17)11-22-19-12-21-13-20(24-19)26-10-6-9-23-26/h3-10,12-13H,11,14H2,1-2H3,(H,22,24). The Bertz CT molecular complexity index is 1020. The second-order valence-corrected chi connectivity index (χ2v) is 6.36. The van der Waals surface area contributed by atoms with Crippen molar-refractivity contribution < 1.29 is 0 Å². The van der Waals surface area contributed by atoms with Crippen LogP contribution < -0.4 is 5.32 Å². The van der Waals surface area contributed by atoms with Gasteiger partial charge in [0.25, 0.3) is 0 Å². The molecule has 0 bridgehead atoms. The maximum absolute atomic E-state index is 4.70. The largest absolute Gasteiger partial charge is 0.365 e. The van der Waals surface area contributed by atoms with Crippen molar-refractivity contribution in [3.63, 3.8) is 0 Å². The Balaban J connectivity index is 1.50. The Kier molecular flexibility index (Phi) is 4.65. The van der Waals surface area contributed by atoms with Crippen molar-refractivity contribution in [1.82, 2.24) is 29.5 Å². The van der Waals surface area contributed by atoms with Crippen LogP contribution in [0, 0.1) is 13.8 Å². The number of benzene rings is 1. The molecular formula is C20H21N7. The lowest BCUT2D eigenvalue weighted by molar-refractivity contribution is 0.658. The van der Waals surface area contributed by atoms with Crippen LogP contribution in [0.3, 0.4) is 0 Å². The molecule has 0 spiro atoms. The topological polar surface area (TPSA) is 73.5 Å². The fraction of sp³-hybridized carbons (Fsp3) is 0.200. The van der Waals surface area contributed by atoms with E-state index >= 15 is 0 Å². The fourth-order valence-corrected chi connectivity index (χ4v) is 3.03. The van der Waals surface area contributed by atoms with Crippen LogP contribution in [0.5, 0.6) is 0 Å². The highest BCUT2D eigenvalue weighted by Crippen LogP contribution is 2.17. The lowest BCUT2D eigenvalue weighted by atomic mass is 10.2. The molecule has 136 valence electrons. The van der Waals surface area contributed by atoms with Crippen molar-refractivity contribution in [3.05, 3.63) is 83.7 Å². The van der Waals surface area contributed by atoms with Gasteiger partial charge in [0.1, 0.15) is 5.82 Å². The second kappa shape index (κ2) is 7.41. The van der Waals surface area contributed by atoms with Crippen molar-refractivity contribution in [2.24, 2.45) is 0 Å². The second-order valence-electron chi connectivity index (χ2n) is 6.36. The minimum Gasteiger partial charge on any atom is -0.365 e. The van der Waals surface area contributed by atoms with Gasteiger partial charge in [-0.3, -0.25) is 9.67 Å². The summed E-state index contributed by atoms with van der Waals surface area (Å²) in [6.07, 6.45) is 6.96. The van der Waals surface area contributed by atoms with Crippen LogP contribution in [-0.4, -0.2) is 29.5 Å². The van der Waals surface area contributed by atoms with Crippen LogP contribution >= 0.6 is 0 Å². The highest BCUT2D eigenvalue weighted by atomic mass is 15.3. The minimum absolute atomic E-state index is 0.643. The molecule has 3 aromatic heterocycles. The van der Waals surface area contributed by atoms with E-state index in [4.69, 9.17) is 5.10 Å². The Morgan fingerprint density at radius 3 is 2.67 bits per heavy atom. The molecule has 4 aromatic rings. The molecule has 0 unspecified atom stereocenters. The molecule has 0 aliphatic carbocycles. The molecule has 0 saturated carbocycles. The lowest BCUT2D eigenvalue weighted by Gasteiger charge is -2.08. The smallest absolute Gasteiger partial charge is 0.173 e. The van der Waals surface area contributed by atoms with Crippen LogP contribution in [0.25, 0.3) is 5.82 Å². The van der Waals surface area contributed by atoms with Gasteiger partial charge in [-0.2, -0.15) is 10.2 Å². The first-order chi connectivity index (χ1) is 13.2. The van der Waals surface area contributed by atoms with Gasteiger partial charge in [0.05, 0.1) is 24.6 Å². The maximum atomic E-state index is 4.70. The normalized spacial score (nSPS) is 10.9. The Morgan fingerprint density at radius 2 is 1.89 bits per heavy atom. The van der Waals surface area contributed by atoms with Crippen LogP contribution in [0.4, 0.5) is 5.82 Å². The molecule has 7 nitrogen and oxygen atoms in total. The molecule has 0 radical (unpaired) electrons. The molecule has 7 heteroatoms. The number of anilines is 1. The minimum atomic E-state index is 0.643. The summed E-state index contributed by atoms with van der Waals surface area (Å²) >= 11 is 0. The average Bonchev–Trinajstić information content (AvgIpc) is 3.31. The maximum Gasteiger partial charge on any atom is 0.173 e. The fourth-order valence-electron chi connectivity index (χ4n) is 3.03. The van der Waals surface area contributed by atoms with Crippen LogP contribution in [0.15, 0.2) is 61.2 Å². The number of aromatic nitrogens is 6. The van der Waals surface area contributed by atoms with E-state index in [1.165, 1.54) is 11.1 Å². The van der Waals surface area contributed by atoms with E-state index in [0.29, 0.717) is 18.2 Å². The van der Waals surface area contributed by atoms with E-state index in [1.807, 2.05) is 29.9 Å². The SMILES string of the molecule is Cc1nn(Cc2ccccc2)c(C)c1CNc1cncc(-n2cccn2)n1. The highest BCUT2D eigenvalue weighted by Gasteiger charge is 2.12.